The minimum absolute atomic E-state index is 0.723. The summed E-state index contributed by atoms with van der Waals surface area (Å²) in [6.07, 6.45) is 3.97. The first-order chi connectivity index (χ1) is 6.36. The van der Waals surface area contributed by atoms with Crippen LogP contribution < -0.4 is 0 Å². The van der Waals surface area contributed by atoms with Gasteiger partial charge in [0.15, 0.2) is 0 Å². The quantitative estimate of drug-likeness (QED) is 0.623. The lowest BCUT2D eigenvalue weighted by Gasteiger charge is -2.00. The molecule has 4 nitrogen and oxygen atoms in total. The highest BCUT2D eigenvalue weighted by Crippen LogP contribution is 1.93. The van der Waals surface area contributed by atoms with Crippen LogP contribution >= 0.6 is 0 Å². The van der Waals surface area contributed by atoms with Crippen molar-refractivity contribution in [3.8, 4) is 0 Å². The third kappa shape index (κ3) is 3.55. The number of aromatic nitrogens is 3. The molecule has 1 rings (SSSR count). The fraction of sp³-hybridized carbons (Fsp3) is 0.778. The van der Waals surface area contributed by atoms with Crippen molar-refractivity contribution in [1.82, 2.24) is 15.0 Å². The molecular formula is C9H17N3O. The standard InChI is InChI=1S/C9H17N3O/c1-3-6-13-7-5-12-8-9(4-2)10-11-12/h8H,3-7H2,1-2H3. The van der Waals surface area contributed by atoms with Crippen LogP contribution in [0.5, 0.6) is 0 Å². The SMILES string of the molecule is CCCOCCn1cc(CC)nn1. The molecule has 1 heterocycles. The zero-order valence-corrected chi connectivity index (χ0v) is 8.36. The van der Waals surface area contributed by atoms with Crippen molar-refractivity contribution in [1.29, 1.82) is 0 Å². The van der Waals surface area contributed by atoms with E-state index in [9.17, 15) is 0 Å². The third-order valence-electron chi connectivity index (χ3n) is 1.76. The molecule has 13 heavy (non-hydrogen) atoms. The van der Waals surface area contributed by atoms with E-state index in [0.29, 0.717) is 0 Å². The molecule has 0 saturated heterocycles. The molecule has 1 aromatic rings. The average Bonchev–Trinajstić information content (AvgIpc) is 2.60. The van der Waals surface area contributed by atoms with Gasteiger partial charge in [-0.05, 0) is 12.8 Å². The molecule has 0 spiro atoms. The summed E-state index contributed by atoms with van der Waals surface area (Å²) in [5.41, 5.74) is 1.04. The van der Waals surface area contributed by atoms with Gasteiger partial charge in [-0.15, -0.1) is 5.10 Å². The molecule has 0 aromatic carbocycles. The molecule has 0 aliphatic heterocycles. The van der Waals surface area contributed by atoms with Crippen LogP contribution in [0.4, 0.5) is 0 Å². The topological polar surface area (TPSA) is 39.9 Å². The summed E-state index contributed by atoms with van der Waals surface area (Å²) in [7, 11) is 0. The van der Waals surface area contributed by atoms with E-state index in [1.54, 1.807) is 0 Å². The number of hydrogen-bond donors (Lipinski definition) is 0. The lowest BCUT2D eigenvalue weighted by Crippen LogP contribution is -2.06. The maximum atomic E-state index is 5.34. The zero-order chi connectivity index (χ0) is 9.52. The van der Waals surface area contributed by atoms with Gasteiger partial charge in [0.2, 0.25) is 0 Å². The van der Waals surface area contributed by atoms with E-state index < -0.39 is 0 Å². The molecule has 0 aliphatic carbocycles. The minimum Gasteiger partial charge on any atom is -0.380 e. The Morgan fingerprint density at radius 2 is 2.23 bits per heavy atom. The Hall–Kier alpha value is -0.900. The second-order valence-electron chi connectivity index (χ2n) is 2.94. The lowest BCUT2D eigenvalue weighted by molar-refractivity contribution is 0.124. The predicted molar refractivity (Wildman–Crippen MR) is 50.5 cm³/mol. The fourth-order valence-electron chi connectivity index (χ4n) is 1.01. The number of aryl methyl sites for hydroxylation is 1. The molecule has 1 aromatic heterocycles. The van der Waals surface area contributed by atoms with E-state index in [0.717, 1.165) is 38.3 Å². The number of ether oxygens (including phenoxy) is 1. The van der Waals surface area contributed by atoms with Crippen LogP contribution in [0.1, 0.15) is 26.0 Å². The van der Waals surface area contributed by atoms with Crippen molar-refractivity contribution in [2.75, 3.05) is 13.2 Å². The second-order valence-corrected chi connectivity index (χ2v) is 2.94. The Morgan fingerprint density at radius 3 is 2.85 bits per heavy atom. The monoisotopic (exact) mass is 183 g/mol. The summed E-state index contributed by atoms with van der Waals surface area (Å²) >= 11 is 0. The molecule has 0 atom stereocenters. The molecule has 0 radical (unpaired) electrons. The highest BCUT2D eigenvalue weighted by molar-refractivity contribution is 4.90. The van der Waals surface area contributed by atoms with Crippen LogP contribution in [0.3, 0.4) is 0 Å². The van der Waals surface area contributed by atoms with Gasteiger partial charge in [0.05, 0.1) is 18.8 Å². The van der Waals surface area contributed by atoms with Crippen LogP contribution in [0.2, 0.25) is 0 Å². The van der Waals surface area contributed by atoms with Gasteiger partial charge >= 0.3 is 0 Å². The maximum absolute atomic E-state index is 5.34. The second kappa shape index (κ2) is 5.70. The van der Waals surface area contributed by atoms with Gasteiger partial charge in [0.1, 0.15) is 0 Å². The first-order valence-electron chi connectivity index (χ1n) is 4.83. The molecule has 74 valence electrons. The summed E-state index contributed by atoms with van der Waals surface area (Å²) in [6, 6.07) is 0. The Labute approximate surface area is 78.9 Å². The summed E-state index contributed by atoms with van der Waals surface area (Å²) in [5, 5.41) is 7.96. The normalized spacial score (nSPS) is 10.6. The van der Waals surface area contributed by atoms with Crippen LogP contribution in [-0.2, 0) is 17.7 Å². The summed E-state index contributed by atoms with van der Waals surface area (Å²) in [6.45, 7) is 6.52. The van der Waals surface area contributed by atoms with Crippen molar-refractivity contribution in [3.05, 3.63) is 11.9 Å². The van der Waals surface area contributed by atoms with E-state index in [2.05, 4.69) is 24.2 Å². The molecule has 0 fully saturated rings. The van der Waals surface area contributed by atoms with Crippen molar-refractivity contribution in [2.24, 2.45) is 0 Å². The highest BCUT2D eigenvalue weighted by Gasteiger charge is 1.96. The van der Waals surface area contributed by atoms with Gasteiger partial charge in [-0.3, -0.25) is 0 Å². The van der Waals surface area contributed by atoms with Gasteiger partial charge in [-0.2, -0.15) is 0 Å². The molecule has 0 unspecified atom stereocenters. The smallest absolute Gasteiger partial charge is 0.0824 e. The van der Waals surface area contributed by atoms with Crippen LogP contribution in [0.25, 0.3) is 0 Å². The predicted octanol–water partition coefficient (Wildman–Crippen LogP) is 1.27. The molecule has 0 N–H and O–H groups in total. The Kier molecular flexibility index (Phi) is 4.46. The van der Waals surface area contributed by atoms with Gasteiger partial charge in [-0.25, -0.2) is 4.68 Å². The van der Waals surface area contributed by atoms with Gasteiger partial charge < -0.3 is 4.74 Å². The summed E-state index contributed by atoms with van der Waals surface area (Å²) in [4.78, 5) is 0. The largest absolute Gasteiger partial charge is 0.380 e. The van der Waals surface area contributed by atoms with E-state index >= 15 is 0 Å². The molecule has 0 aliphatic rings. The minimum atomic E-state index is 0.723. The zero-order valence-electron chi connectivity index (χ0n) is 8.36. The van der Waals surface area contributed by atoms with Gasteiger partial charge in [0, 0.05) is 12.8 Å². The van der Waals surface area contributed by atoms with Gasteiger partial charge in [-0.1, -0.05) is 19.1 Å². The van der Waals surface area contributed by atoms with Crippen molar-refractivity contribution >= 4 is 0 Å². The molecule has 0 amide bonds. The van der Waals surface area contributed by atoms with Crippen LogP contribution in [0.15, 0.2) is 6.20 Å². The van der Waals surface area contributed by atoms with Crippen LogP contribution in [-0.4, -0.2) is 28.2 Å². The number of rotatable bonds is 6. The fourth-order valence-corrected chi connectivity index (χ4v) is 1.01. The first-order valence-corrected chi connectivity index (χ1v) is 4.83. The Morgan fingerprint density at radius 1 is 1.38 bits per heavy atom. The molecular weight excluding hydrogens is 166 g/mol. The van der Waals surface area contributed by atoms with E-state index in [4.69, 9.17) is 4.74 Å². The Bertz CT molecular complexity index is 235. The number of nitrogens with zero attached hydrogens (tertiary/aromatic N) is 3. The molecule has 0 saturated carbocycles. The maximum Gasteiger partial charge on any atom is 0.0824 e. The highest BCUT2D eigenvalue weighted by atomic mass is 16.5. The van der Waals surface area contributed by atoms with Crippen molar-refractivity contribution < 1.29 is 4.74 Å². The number of hydrogen-bond acceptors (Lipinski definition) is 3. The molecule has 0 bridgehead atoms. The molecule has 4 heteroatoms. The Balaban J connectivity index is 2.20. The lowest BCUT2D eigenvalue weighted by atomic mass is 10.4. The first kappa shape index (κ1) is 10.2. The summed E-state index contributed by atoms with van der Waals surface area (Å²) in [5.74, 6) is 0. The average molecular weight is 183 g/mol. The van der Waals surface area contributed by atoms with E-state index in [1.807, 2.05) is 10.9 Å². The van der Waals surface area contributed by atoms with Crippen molar-refractivity contribution in [3.63, 3.8) is 0 Å². The van der Waals surface area contributed by atoms with Crippen molar-refractivity contribution in [2.45, 2.75) is 33.2 Å². The third-order valence-corrected chi connectivity index (χ3v) is 1.76. The van der Waals surface area contributed by atoms with Gasteiger partial charge in [0.25, 0.3) is 0 Å². The van der Waals surface area contributed by atoms with E-state index in [1.165, 1.54) is 0 Å². The van der Waals surface area contributed by atoms with Crippen LogP contribution in [0, 0.1) is 0 Å². The summed E-state index contributed by atoms with van der Waals surface area (Å²) < 4.78 is 7.17. The van der Waals surface area contributed by atoms with E-state index in [-0.39, 0.29) is 0 Å².